The minimum Gasteiger partial charge on any atom is -0.626 e. The van der Waals surface area contributed by atoms with Crippen LogP contribution >= 0.6 is 7.94 Å². The Labute approximate surface area is 115 Å². The molecule has 1 aliphatic rings. The highest BCUT2D eigenvalue weighted by molar-refractivity contribution is 7.81. The second kappa shape index (κ2) is 7.22. The highest BCUT2D eigenvalue weighted by atomic mass is 32.1. The third kappa shape index (κ3) is 4.16. The first-order valence-electron chi connectivity index (χ1n) is 5.30. The topological polar surface area (TPSA) is 134 Å². The molecule has 106 valence electrons. The summed E-state index contributed by atoms with van der Waals surface area (Å²) in [5, 5.41) is 13.4. The van der Waals surface area contributed by atoms with Crippen LogP contribution in [0.25, 0.3) is 0 Å². The zero-order chi connectivity index (χ0) is 14.5. The number of allylic oxidation sites excluding steroid dienone is 1. The maximum atomic E-state index is 12.3. The fourth-order valence-electron chi connectivity index (χ4n) is 1.55. The molecule has 0 aromatic carbocycles. The molecule has 1 aliphatic heterocycles. The van der Waals surface area contributed by atoms with Gasteiger partial charge in [0.1, 0.15) is 0 Å². The first-order valence-corrected chi connectivity index (χ1v) is 7.85. The van der Waals surface area contributed by atoms with E-state index in [9.17, 15) is 14.9 Å². The molecular formula is C9H16N3O5PS+2. The molecule has 19 heavy (non-hydrogen) atoms. The van der Waals surface area contributed by atoms with Gasteiger partial charge in [-0.1, -0.05) is 0 Å². The Balaban J connectivity index is 2.78. The number of rotatable bonds is 7. The van der Waals surface area contributed by atoms with Crippen molar-refractivity contribution in [3.63, 3.8) is 0 Å². The number of hydroxylamine groups is 2. The van der Waals surface area contributed by atoms with Gasteiger partial charge in [0.25, 0.3) is 0 Å². The molecule has 1 unspecified atom stereocenters. The van der Waals surface area contributed by atoms with Crippen molar-refractivity contribution in [2.75, 3.05) is 6.54 Å². The Hall–Kier alpha value is -0.640. The van der Waals surface area contributed by atoms with Crippen molar-refractivity contribution in [1.82, 2.24) is 5.06 Å². The number of nitrogens with zero attached hydrogens (tertiary/aromatic N) is 1. The fourth-order valence-corrected chi connectivity index (χ4v) is 3.66. The van der Waals surface area contributed by atoms with E-state index in [0.29, 0.717) is 11.0 Å². The van der Waals surface area contributed by atoms with Crippen molar-refractivity contribution in [3.8, 4) is 0 Å². The molecule has 1 atom stereocenters. The van der Waals surface area contributed by atoms with Crippen molar-refractivity contribution < 1.29 is 24.1 Å². The Kier molecular flexibility index (Phi) is 6.24. The zero-order valence-corrected chi connectivity index (χ0v) is 12.0. The van der Waals surface area contributed by atoms with Gasteiger partial charge in [0.2, 0.25) is 11.6 Å². The van der Waals surface area contributed by atoms with Crippen LogP contribution in [0.3, 0.4) is 0 Å². The Morgan fingerprint density at radius 3 is 2.68 bits per heavy atom. The molecule has 0 saturated heterocycles. The molecule has 0 aromatic rings. The summed E-state index contributed by atoms with van der Waals surface area (Å²) in [6.45, 7) is 1.16. The zero-order valence-electron chi connectivity index (χ0n) is 10.3. The summed E-state index contributed by atoms with van der Waals surface area (Å²) >= 11 is 1.39. The van der Waals surface area contributed by atoms with E-state index < -0.39 is 19.5 Å². The molecule has 0 aliphatic carbocycles. The van der Waals surface area contributed by atoms with Crippen molar-refractivity contribution >= 4 is 30.6 Å². The molecule has 0 saturated carbocycles. The molecule has 0 radical (unpaired) electrons. The second-order valence-corrected chi connectivity index (χ2v) is 6.66. The van der Waals surface area contributed by atoms with Gasteiger partial charge in [-0.3, -0.25) is 10.0 Å². The van der Waals surface area contributed by atoms with Crippen molar-refractivity contribution in [2.45, 2.75) is 19.0 Å². The van der Waals surface area contributed by atoms with Gasteiger partial charge in [0.05, 0.1) is 6.54 Å². The third-order valence-electron chi connectivity index (χ3n) is 2.58. The lowest BCUT2D eigenvalue weighted by Gasteiger charge is -2.28. The summed E-state index contributed by atoms with van der Waals surface area (Å²) in [6.07, 6.45) is 1.84. The second-order valence-electron chi connectivity index (χ2n) is 3.75. The first-order chi connectivity index (χ1) is 8.94. The van der Waals surface area contributed by atoms with Crippen LogP contribution in [0.4, 0.5) is 0 Å². The molecule has 0 fully saturated rings. The van der Waals surface area contributed by atoms with Crippen molar-refractivity contribution in [3.05, 3.63) is 17.4 Å². The van der Waals surface area contributed by atoms with E-state index in [1.807, 2.05) is 0 Å². The fraction of sp³-hybridized carbons (Fsp3) is 0.444. The summed E-state index contributed by atoms with van der Waals surface area (Å²) in [6, 6.07) is 0. The molecule has 0 bridgehead atoms. The lowest BCUT2D eigenvalue weighted by atomic mass is 10.1. The van der Waals surface area contributed by atoms with E-state index in [1.54, 1.807) is 16.9 Å². The van der Waals surface area contributed by atoms with Crippen LogP contribution < -0.4 is 16.7 Å². The summed E-state index contributed by atoms with van der Waals surface area (Å²) in [7, 11) is -3.75. The number of nitrogens with two attached hydrogens (primary N) is 2. The number of hydrogen-bond acceptors (Lipinski definition) is 7. The summed E-state index contributed by atoms with van der Waals surface area (Å²) in [5.41, 5.74) is -0.761. The lowest BCUT2D eigenvalue weighted by Crippen LogP contribution is -2.38. The monoisotopic (exact) mass is 309 g/mol. The number of carbonyl (C=O) groups excluding carboxylic acids is 1. The number of hydrogen-bond donors (Lipinski definition) is 3. The van der Waals surface area contributed by atoms with Crippen LogP contribution in [0.15, 0.2) is 11.5 Å². The van der Waals surface area contributed by atoms with Gasteiger partial charge in [-0.2, -0.15) is 11.8 Å². The smallest absolute Gasteiger partial charge is 0.335 e. The standard InChI is InChI=1S/C9H16N3O5PS/c1-7(13)12(14)4-2-9(8-3-5-19-6-8)18(15,16-10)17-11/h3,5-6,9,14H,2,4,10-11H2,1H3/q+2. The van der Waals surface area contributed by atoms with Gasteiger partial charge in [0, 0.05) is 13.3 Å². The van der Waals surface area contributed by atoms with Crippen LogP contribution in [0, 0.1) is 5.92 Å². The normalized spacial score (nSPS) is 15.9. The predicted molar refractivity (Wildman–Crippen MR) is 70.9 cm³/mol. The van der Waals surface area contributed by atoms with Crippen molar-refractivity contribution in [2.24, 2.45) is 11.8 Å². The number of carbonyl (C=O) groups is 1. The molecule has 0 aromatic heterocycles. The number of amides is 1. The van der Waals surface area contributed by atoms with E-state index in [1.165, 1.54) is 18.3 Å². The molecule has 10 heteroatoms. The largest absolute Gasteiger partial charge is 0.626 e. The molecule has 1 heterocycles. The van der Waals surface area contributed by atoms with Crippen LogP contribution in [0.5, 0.6) is 0 Å². The molecule has 8 nitrogen and oxygen atoms in total. The average Bonchev–Trinajstić information content (AvgIpc) is 2.91. The minimum absolute atomic E-state index is 0.0491. The van der Waals surface area contributed by atoms with Crippen LogP contribution in [-0.2, 0) is 25.4 Å². The maximum Gasteiger partial charge on any atom is 0.335 e. The molecule has 1 rings (SSSR count). The molecular weight excluding hydrogens is 293 g/mol. The van der Waals surface area contributed by atoms with Gasteiger partial charge >= 0.3 is 30.1 Å². The van der Waals surface area contributed by atoms with Gasteiger partial charge in [-0.25, -0.2) is 5.06 Å². The summed E-state index contributed by atoms with van der Waals surface area (Å²) in [5.74, 6) is 10.1. The SMILES string of the molecule is CC(=O)N(O)CCC([C+]1C=C[S+]=C1)[P+]([O-])(ON)ON. The quantitative estimate of drug-likeness (QED) is 0.135. The average molecular weight is 309 g/mol. The van der Waals surface area contributed by atoms with Crippen molar-refractivity contribution in [1.29, 1.82) is 0 Å². The van der Waals surface area contributed by atoms with E-state index in [4.69, 9.17) is 11.8 Å². The Morgan fingerprint density at radius 1 is 1.63 bits per heavy atom. The predicted octanol–water partition coefficient (Wildman–Crippen LogP) is -1.13. The van der Waals surface area contributed by atoms with Gasteiger partial charge in [0.15, 0.2) is 12.0 Å². The highest BCUT2D eigenvalue weighted by Gasteiger charge is 2.53. The van der Waals surface area contributed by atoms with E-state index in [2.05, 4.69) is 9.25 Å². The molecule has 1 amide bonds. The van der Waals surface area contributed by atoms with Crippen LogP contribution in [-0.4, -0.2) is 33.7 Å². The summed E-state index contributed by atoms with van der Waals surface area (Å²) < 4.78 is 8.79. The Morgan fingerprint density at radius 2 is 2.26 bits per heavy atom. The van der Waals surface area contributed by atoms with E-state index >= 15 is 0 Å². The minimum atomic E-state index is -3.75. The maximum absolute atomic E-state index is 12.3. The third-order valence-corrected chi connectivity index (χ3v) is 5.19. The van der Waals surface area contributed by atoms with E-state index in [-0.39, 0.29) is 13.0 Å². The van der Waals surface area contributed by atoms with Gasteiger partial charge in [-0.15, -0.1) is 9.25 Å². The summed E-state index contributed by atoms with van der Waals surface area (Å²) in [4.78, 5) is 23.2. The molecule has 5 N–H and O–H groups in total. The van der Waals surface area contributed by atoms with Crippen LogP contribution in [0.1, 0.15) is 13.3 Å². The first kappa shape index (κ1) is 16.4. The molecule has 0 spiro atoms. The lowest BCUT2D eigenvalue weighted by molar-refractivity contribution is -0.223. The highest BCUT2D eigenvalue weighted by Crippen LogP contribution is 2.58. The van der Waals surface area contributed by atoms with Gasteiger partial charge in [-0.05, 0) is 0 Å². The van der Waals surface area contributed by atoms with E-state index in [0.717, 1.165) is 0 Å². The van der Waals surface area contributed by atoms with Crippen LogP contribution in [0.2, 0.25) is 0 Å². The van der Waals surface area contributed by atoms with Gasteiger partial charge < -0.3 is 4.89 Å². The Bertz CT molecular complexity index is 365.